The van der Waals surface area contributed by atoms with Crippen LogP contribution in [0.25, 0.3) is 0 Å². The quantitative estimate of drug-likeness (QED) is 0.653. The number of hydrogen-bond acceptors (Lipinski definition) is 3. The van der Waals surface area contributed by atoms with Crippen molar-refractivity contribution in [2.24, 2.45) is 0 Å². The Morgan fingerprint density at radius 3 is 3.09 bits per heavy atom. The Balaban J connectivity index is 2.44. The molecular formula is C7H10ClNO2. The average molecular weight is 176 g/mol. The summed E-state index contributed by atoms with van der Waals surface area (Å²) < 4.78 is 10.1. The van der Waals surface area contributed by atoms with Crippen LogP contribution in [0.1, 0.15) is 11.7 Å². The van der Waals surface area contributed by atoms with E-state index >= 15 is 0 Å². The molecule has 1 heterocycles. The second kappa shape index (κ2) is 4.36. The Morgan fingerprint density at radius 2 is 2.55 bits per heavy atom. The van der Waals surface area contributed by atoms with Gasteiger partial charge >= 0.3 is 0 Å². The van der Waals surface area contributed by atoms with Gasteiger partial charge in [0.2, 0.25) is 5.89 Å². The summed E-state index contributed by atoms with van der Waals surface area (Å²) in [5.41, 5.74) is 0. The molecule has 1 aromatic heterocycles. The van der Waals surface area contributed by atoms with Gasteiger partial charge in [-0.3, -0.25) is 0 Å². The van der Waals surface area contributed by atoms with Gasteiger partial charge < -0.3 is 9.15 Å². The van der Waals surface area contributed by atoms with Crippen molar-refractivity contribution in [3.8, 4) is 0 Å². The fraction of sp³-hybridized carbons (Fsp3) is 0.571. The number of nitrogens with zero attached hydrogens (tertiary/aromatic N) is 1. The van der Waals surface area contributed by atoms with Crippen molar-refractivity contribution in [3.05, 3.63) is 17.8 Å². The second-order valence-corrected chi connectivity index (χ2v) is 2.36. The van der Waals surface area contributed by atoms with E-state index in [2.05, 4.69) is 4.98 Å². The third-order valence-electron chi connectivity index (χ3n) is 1.27. The lowest BCUT2D eigenvalue weighted by Crippen LogP contribution is -1.91. The molecule has 4 heteroatoms. The number of rotatable bonds is 4. The van der Waals surface area contributed by atoms with Crippen LogP contribution in [0.15, 0.2) is 10.6 Å². The average Bonchev–Trinajstić information content (AvgIpc) is 2.48. The van der Waals surface area contributed by atoms with Crippen LogP contribution < -0.4 is 0 Å². The summed E-state index contributed by atoms with van der Waals surface area (Å²) in [6.07, 6.45) is 2.43. The van der Waals surface area contributed by atoms with E-state index in [1.54, 1.807) is 13.3 Å². The monoisotopic (exact) mass is 175 g/mol. The highest BCUT2D eigenvalue weighted by atomic mass is 35.5. The first-order valence-corrected chi connectivity index (χ1v) is 3.88. The number of hydrogen-bond donors (Lipinski definition) is 0. The van der Waals surface area contributed by atoms with Crippen LogP contribution in [-0.4, -0.2) is 18.7 Å². The molecule has 11 heavy (non-hydrogen) atoms. The number of ether oxygens (including phenoxy) is 1. The maximum atomic E-state index is 5.49. The van der Waals surface area contributed by atoms with E-state index in [-0.39, 0.29) is 0 Å². The van der Waals surface area contributed by atoms with Gasteiger partial charge in [0.25, 0.3) is 0 Å². The topological polar surface area (TPSA) is 35.3 Å². The molecule has 0 radical (unpaired) electrons. The predicted molar refractivity (Wildman–Crippen MR) is 41.6 cm³/mol. The zero-order valence-electron chi connectivity index (χ0n) is 6.34. The van der Waals surface area contributed by atoms with E-state index in [1.807, 2.05) is 0 Å². The van der Waals surface area contributed by atoms with Gasteiger partial charge in [0.1, 0.15) is 5.76 Å². The van der Waals surface area contributed by atoms with Crippen LogP contribution in [-0.2, 0) is 17.0 Å². The van der Waals surface area contributed by atoms with E-state index in [0.717, 1.165) is 12.2 Å². The Bertz CT molecular complexity index is 212. The minimum atomic E-state index is 0.326. The maximum Gasteiger partial charge on any atom is 0.209 e. The fourth-order valence-corrected chi connectivity index (χ4v) is 0.852. The summed E-state index contributed by atoms with van der Waals surface area (Å²) >= 11 is 5.49. The highest BCUT2D eigenvalue weighted by molar-refractivity contribution is 6.16. The first kappa shape index (κ1) is 8.56. The second-order valence-electron chi connectivity index (χ2n) is 2.10. The number of methoxy groups -OCH3 is 1. The summed E-state index contributed by atoms with van der Waals surface area (Å²) in [7, 11) is 1.65. The van der Waals surface area contributed by atoms with E-state index in [0.29, 0.717) is 18.4 Å². The molecule has 1 rings (SSSR count). The number of halogens is 1. The van der Waals surface area contributed by atoms with Gasteiger partial charge in [-0.15, -0.1) is 11.6 Å². The Labute approximate surface area is 70.3 Å². The minimum absolute atomic E-state index is 0.326. The van der Waals surface area contributed by atoms with Crippen molar-refractivity contribution in [1.29, 1.82) is 0 Å². The molecule has 0 aliphatic heterocycles. The Kier molecular flexibility index (Phi) is 3.39. The molecule has 0 fully saturated rings. The molecule has 0 bridgehead atoms. The Hall–Kier alpha value is -0.540. The smallest absolute Gasteiger partial charge is 0.209 e. The lowest BCUT2D eigenvalue weighted by Gasteiger charge is -1.92. The van der Waals surface area contributed by atoms with Crippen molar-refractivity contribution < 1.29 is 9.15 Å². The maximum absolute atomic E-state index is 5.49. The van der Waals surface area contributed by atoms with Crippen LogP contribution >= 0.6 is 11.6 Å². The molecule has 0 spiro atoms. The summed E-state index contributed by atoms with van der Waals surface area (Å²) in [4.78, 5) is 3.93. The van der Waals surface area contributed by atoms with Gasteiger partial charge in [0.05, 0.1) is 18.7 Å². The highest BCUT2D eigenvalue weighted by Crippen LogP contribution is 2.06. The van der Waals surface area contributed by atoms with E-state index < -0.39 is 0 Å². The molecule has 0 aliphatic carbocycles. The zero-order valence-corrected chi connectivity index (χ0v) is 7.10. The normalized spacial score (nSPS) is 10.4. The largest absolute Gasteiger partial charge is 0.444 e. The van der Waals surface area contributed by atoms with Gasteiger partial charge in [-0.05, 0) is 0 Å². The molecule has 0 atom stereocenters. The SMILES string of the molecule is COCCc1cnc(CCl)o1. The summed E-state index contributed by atoms with van der Waals surface area (Å²) in [6, 6.07) is 0. The minimum Gasteiger partial charge on any atom is -0.444 e. The van der Waals surface area contributed by atoms with Gasteiger partial charge in [0, 0.05) is 13.5 Å². The summed E-state index contributed by atoms with van der Waals surface area (Å²) in [5.74, 6) is 1.72. The van der Waals surface area contributed by atoms with E-state index in [1.165, 1.54) is 0 Å². The number of aromatic nitrogens is 1. The van der Waals surface area contributed by atoms with Crippen LogP contribution in [0.4, 0.5) is 0 Å². The molecule has 62 valence electrons. The van der Waals surface area contributed by atoms with Crippen molar-refractivity contribution >= 4 is 11.6 Å². The molecule has 0 saturated carbocycles. The predicted octanol–water partition coefficient (Wildman–Crippen LogP) is 1.60. The van der Waals surface area contributed by atoms with Crippen molar-refractivity contribution in [3.63, 3.8) is 0 Å². The first-order chi connectivity index (χ1) is 5.36. The van der Waals surface area contributed by atoms with E-state index in [4.69, 9.17) is 20.8 Å². The molecule has 3 nitrogen and oxygen atoms in total. The molecule has 0 aromatic carbocycles. The summed E-state index contributed by atoms with van der Waals surface area (Å²) in [5, 5.41) is 0. The van der Waals surface area contributed by atoms with Gasteiger partial charge in [0.15, 0.2) is 0 Å². The van der Waals surface area contributed by atoms with Crippen LogP contribution in [0.5, 0.6) is 0 Å². The Morgan fingerprint density at radius 1 is 1.73 bits per heavy atom. The van der Waals surface area contributed by atoms with Crippen LogP contribution in [0.3, 0.4) is 0 Å². The molecule has 0 unspecified atom stereocenters. The highest BCUT2D eigenvalue weighted by Gasteiger charge is 2.00. The van der Waals surface area contributed by atoms with Crippen LogP contribution in [0, 0.1) is 0 Å². The molecule has 0 aliphatic rings. The molecule has 0 amide bonds. The van der Waals surface area contributed by atoms with Gasteiger partial charge in [-0.2, -0.15) is 0 Å². The molecular weight excluding hydrogens is 166 g/mol. The van der Waals surface area contributed by atoms with Crippen molar-refractivity contribution in [2.75, 3.05) is 13.7 Å². The number of alkyl halides is 1. The standard InChI is InChI=1S/C7H10ClNO2/c1-10-3-2-6-5-9-7(4-8)11-6/h5H,2-4H2,1H3. The summed E-state index contributed by atoms with van der Waals surface area (Å²) in [6.45, 7) is 0.650. The number of oxazole rings is 1. The fourth-order valence-electron chi connectivity index (χ4n) is 0.728. The molecule has 0 N–H and O–H groups in total. The lowest BCUT2D eigenvalue weighted by atomic mass is 10.4. The zero-order chi connectivity index (χ0) is 8.10. The molecule has 1 aromatic rings. The van der Waals surface area contributed by atoms with Gasteiger partial charge in [-0.1, -0.05) is 0 Å². The third-order valence-corrected chi connectivity index (χ3v) is 1.50. The third kappa shape index (κ3) is 2.52. The van der Waals surface area contributed by atoms with Crippen LogP contribution in [0.2, 0.25) is 0 Å². The van der Waals surface area contributed by atoms with Gasteiger partial charge in [-0.25, -0.2) is 4.98 Å². The molecule has 0 saturated heterocycles. The lowest BCUT2D eigenvalue weighted by molar-refractivity contribution is 0.196. The van der Waals surface area contributed by atoms with E-state index in [9.17, 15) is 0 Å². The van der Waals surface area contributed by atoms with Crippen molar-refractivity contribution in [1.82, 2.24) is 4.98 Å². The first-order valence-electron chi connectivity index (χ1n) is 3.35. The van der Waals surface area contributed by atoms with Crippen molar-refractivity contribution in [2.45, 2.75) is 12.3 Å².